The van der Waals surface area contributed by atoms with Gasteiger partial charge in [0.15, 0.2) is 5.82 Å². The van der Waals surface area contributed by atoms with E-state index in [2.05, 4.69) is 63.3 Å². The minimum absolute atomic E-state index is 0.491. The summed E-state index contributed by atoms with van der Waals surface area (Å²) in [6.45, 7) is 3.07. The molecular formula is C20H17N3O. The minimum atomic E-state index is 0.491. The third-order valence-electron chi connectivity index (χ3n) is 4.89. The molecule has 0 atom stereocenters. The second kappa shape index (κ2) is 5.14. The highest BCUT2D eigenvalue weighted by molar-refractivity contribution is 5.87. The van der Waals surface area contributed by atoms with Gasteiger partial charge in [0.2, 0.25) is 0 Å². The lowest BCUT2D eigenvalue weighted by molar-refractivity contribution is 0.105. The van der Waals surface area contributed by atoms with Crippen LogP contribution in [0, 0.1) is 6.92 Å². The Morgan fingerprint density at radius 1 is 0.958 bits per heavy atom. The van der Waals surface area contributed by atoms with E-state index in [1.165, 1.54) is 27.8 Å². The van der Waals surface area contributed by atoms with E-state index in [4.69, 9.17) is 4.74 Å². The van der Waals surface area contributed by atoms with Crippen LogP contribution >= 0.6 is 0 Å². The number of aromatic nitrogens is 3. The predicted molar refractivity (Wildman–Crippen MR) is 91.8 cm³/mol. The van der Waals surface area contributed by atoms with E-state index in [1.54, 1.807) is 0 Å². The number of aryl methyl sites for hydroxylation is 1. The lowest BCUT2D eigenvalue weighted by Crippen LogP contribution is -2.04. The summed E-state index contributed by atoms with van der Waals surface area (Å²) in [5.74, 6) is 1.76. The maximum Gasteiger partial charge on any atom is 0.163 e. The molecule has 0 saturated heterocycles. The fourth-order valence-electron chi connectivity index (χ4n) is 3.78. The number of nitrogens with zero attached hydrogens (tertiary/aromatic N) is 3. The van der Waals surface area contributed by atoms with Crippen LogP contribution < -0.4 is 0 Å². The van der Waals surface area contributed by atoms with Crippen molar-refractivity contribution in [3.8, 4) is 5.69 Å². The number of rotatable bonds is 1. The van der Waals surface area contributed by atoms with Gasteiger partial charge in [-0.1, -0.05) is 42.5 Å². The van der Waals surface area contributed by atoms with Crippen LogP contribution in [0.1, 0.15) is 33.9 Å². The monoisotopic (exact) mass is 315 g/mol. The molecule has 0 unspecified atom stereocenters. The highest BCUT2D eigenvalue weighted by atomic mass is 16.5. The summed E-state index contributed by atoms with van der Waals surface area (Å²) >= 11 is 0. The summed E-state index contributed by atoms with van der Waals surface area (Å²) in [6.07, 6.45) is 3.32. The largest absolute Gasteiger partial charge is 0.369 e. The van der Waals surface area contributed by atoms with Crippen molar-refractivity contribution < 1.29 is 4.74 Å². The molecule has 4 heteroatoms. The van der Waals surface area contributed by atoms with E-state index in [0.29, 0.717) is 13.2 Å². The number of benzene rings is 2. The van der Waals surface area contributed by atoms with Gasteiger partial charge in [0.25, 0.3) is 0 Å². The number of hydrogen-bond acceptors (Lipinski definition) is 3. The van der Waals surface area contributed by atoms with Gasteiger partial charge in [0, 0.05) is 5.56 Å². The maximum absolute atomic E-state index is 5.90. The zero-order valence-electron chi connectivity index (χ0n) is 13.5. The summed E-state index contributed by atoms with van der Waals surface area (Å²) in [4.78, 5) is 0. The predicted octanol–water partition coefficient (Wildman–Crippen LogP) is 3.59. The van der Waals surface area contributed by atoms with Gasteiger partial charge in [0.1, 0.15) is 12.4 Å². The second-order valence-electron chi connectivity index (χ2n) is 6.27. The molecule has 1 aromatic heterocycles. The van der Waals surface area contributed by atoms with Crippen molar-refractivity contribution in [3.05, 3.63) is 82.4 Å². The molecule has 0 bridgehead atoms. The van der Waals surface area contributed by atoms with Gasteiger partial charge in [-0.2, -0.15) is 0 Å². The van der Waals surface area contributed by atoms with Crippen molar-refractivity contribution in [2.75, 3.05) is 0 Å². The van der Waals surface area contributed by atoms with Crippen LogP contribution in [0.5, 0.6) is 0 Å². The van der Waals surface area contributed by atoms with Gasteiger partial charge >= 0.3 is 0 Å². The van der Waals surface area contributed by atoms with E-state index < -0.39 is 0 Å². The molecule has 4 nitrogen and oxygen atoms in total. The third-order valence-corrected chi connectivity index (χ3v) is 4.89. The van der Waals surface area contributed by atoms with Crippen molar-refractivity contribution in [1.29, 1.82) is 0 Å². The van der Waals surface area contributed by atoms with E-state index in [9.17, 15) is 0 Å². The first-order valence-corrected chi connectivity index (χ1v) is 8.22. The second-order valence-corrected chi connectivity index (χ2v) is 6.27. The van der Waals surface area contributed by atoms with Crippen molar-refractivity contribution in [2.24, 2.45) is 0 Å². The maximum atomic E-state index is 5.90. The van der Waals surface area contributed by atoms with Crippen LogP contribution in [-0.4, -0.2) is 14.8 Å². The van der Waals surface area contributed by atoms with E-state index in [1.807, 2.05) is 6.92 Å². The molecule has 0 radical (unpaired) electrons. The van der Waals surface area contributed by atoms with Crippen molar-refractivity contribution in [1.82, 2.24) is 14.8 Å². The summed E-state index contributed by atoms with van der Waals surface area (Å²) < 4.78 is 8.02. The Labute approximate surface area is 140 Å². The fraction of sp³-hybridized carbons (Fsp3) is 0.200. The fourth-order valence-corrected chi connectivity index (χ4v) is 3.78. The standard InChI is InChI=1S/C20H17N3O/c1-13-21-22-20-12-24-11-18-16(7-4-8-19(18)23(13)20)17-10-9-14-5-2-3-6-15(14)17/h2-8,10H,9,11-12H2,1H3. The quantitative estimate of drug-likeness (QED) is 0.689. The average molecular weight is 315 g/mol. The molecule has 118 valence electrons. The molecule has 0 fully saturated rings. The third kappa shape index (κ3) is 1.90. The first kappa shape index (κ1) is 13.7. The lowest BCUT2D eigenvalue weighted by Gasteiger charge is -2.15. The topological polar surface area (TPSA) is 39.9 Å². The van der Waals surface area contributed by atoms with Gasteiger partial charge in [-0.15, -0.1) is 10.2 Å². The molecule has 2 aliphatic rings. The van der Waals surface area contributed by atoms with Crippen LogP contribution in [0.4, 0.5) is 0 Å². The molecule has 5 rings (SSSR count). The summed E-state index contributed by atoms with van der Waals surface area (Å²) in [7, 11) is 0. The molecule has 24 heavy (non-hydrogen) atoms. The van der Waals surface area contributed by atoms with Crippen molar-refractivity contribution >= 4 is 5.57 Å². The van der Waals surface area contributed by atoms with Gasteiger partial charge in [-0.3, -0.25) is 4.57 Å². The molecule has 1 aliphatic carbocycles. The lowest BCUT2D eigenvalue weighted by atomic mass is 9.94. The van der Waals surface area contributed by atoms with Gasteiger partial charge in [-0.25, -0.2) is 0 Å². The molecule has 0 N–H and O–H groups in total. The van der Waals surface area contributed by atoms with Gasteiger partial charge in [-0.05, 0) is 41.7 Å². The molecule has 0 spiro atoms. The first-order chi connectivity index (χ1) is 11.8. The molecular weight excluding hydrogens is 298 g/mol. The van der Waals surface area contributed by atoms with Gasteiger partial charge in [0.05, 0.1) is 12.3 Å². The highest BCUT2D eigenvalue weighted by Gasteiger charge is 2.23. The summed E-state index contributed by atoms with van der Waals surface area (Å²) in [5, 5.41) is 8.47. The average Bonchev–Trinajstić information content (AvgIpc) is 3.13. The Kier molecular flexibility index (Phi) is 2.94. The molecule has 0 amide bonds. The van der Waals surface area contributed by atoms with Crippen LogP contribution in [0.15, 0.2) is 48.5 Å². The Balaban J connectivity index is 1.73. The summed E-state index contributed by atoms with van der Waals surface area (Å²) in [6, 6.07) is 15.1. The number of fused-ring (bicyclic) bond motifs is 4. The Morgan fingerprint density at radius 3 is 2.79 bits per heavy atom. The van der Waals surface area contributed by atoms with Crippen LogP contribution in [0.25, 0.3) is 11.3 Å². The molecule has 2 aromatic carbocycles. The molecule has 1 aliphatic heterocycles. The van der Waals surface area contributed by atoms with Crippen LogP contribution in [0.3, 0.4) is 0 Å². The molecule has 0 saturated carbocycles. The van der Waals surface area contributed by atoms with E-state index in [-0.39, 0.29) is 0 Å². The van der Waals surface area contributed by atoms with Crippen LogP contribution in [0.2, 0.25) is 0 Å². The zero-order chi connectivity index (χ0) is 16.1. The number of hydrogen-bond donors (Lipinski definition) is 0. The molecule has 3 aromatic rings. The van der Waals surface area contributed by atoms with E-state index >= 15 is 0 Å². The SMILES string of the molecule is Cc1nnc2n1-c1cccc(C3=CCc4ccccc43)c1COC2. The smallest absolute Gasteiger partial charge is 0.163 e. The Morgan fingerprint density at radius 2 is 1.83 bits per heavy atom. The summed E-state index contributed by atoms with van der Waals surface area (Å²) in [5.41, 5.74) is 7.62. The van der Waals surface area contributed by atoms with E-state index in [0.717, 1.165) is 23.8 Å². The first-order valence-electron chi connectivity index (χ1n) is 8.22. The minimum Gasteiger partial charge on any atom is -0.369 e. The Hall–Kier alpha value is -2.72. The zero-order valence-corrected chi connectivity index (χ0v) is 13.5. The molecule has 2 heterocycles. The number of ether oxygens (including phenoxy) is 1. The van der Waals surface area contributed by atoms with Crippen molar-refractivity contribution in [2.45, 2.75) is 26.6 Å². The van der Waals surface area contributed by atoms with Crippen molar-refractivity contribution in [3.63, 3.8) is 0 Å². The highest BCUT2D eigenvalue weighted by Crippen LogP contribution is 2.37. The normalized spacial score (nSPS) is 15.3. The Bertz CT molecular complexity index is 984. The number of allylic oxidation sites excluding steroid dienone is 1. The van der Waals surface area contributed by atoms with Gasteiger partial charge < -0.3 is 4.74 Å². The van der Waals surface area contributed by atoms with Crippen LogP contribution in [-0.2, 0) is 24.4 Å².